The van der Waals surface area contributed by atoms with Gasteiger partial charge in [0.25, 0.3) is 5.91 Å². The van der Waals surface area contributed by atoms with Crippen molar-refractivity contribution in [3.05, 3.63) is 59.4 Å². The van der Waals surface area contributed by atoms with E-state index in [0.29, 0.717) is 43.0 Å². The Bertz CT molecular complexity index is 1070. The number of piperazine rings is 1. The van der Waals surface area contributed by atoms with Gasteiger partial charge < -0.3 is 24.5 Å². The summed E-state index contributed by atoms with van der Waals surface area (Å²) in [7, 11) is 0. The van der Waals surface area contributed by atoms with Gasteiger partial charge >= 0.3 is 6.09 Å². The van der Waals surface area contributed by atoms with E-state index in [2.05, 4.69) is 4.90 Å². The first kappa shape index (κ1) is 23.0. The average molecular weight is 456 g/mol. The van der Waals surface area contributed by atoms with Gasteiger partial charge in [0.15, 0.2) is 5.60 Å². The van der Waals surface area contributed by atoms with Crippen molar-refractivity contribution in [1.29, 1.82) is 0 Å². The predicted octanol–water partition coefficient (Wildman–Crippen LogP) is 3.64. The summed E-state index contributed by atoms with van der Waals surface area (Å²) in [5, 5.41) is 11.2. The van der Waals surface area contributed by atoms with Crippen molar-refractivity contribution in [1.82, 2.24) is 4.90 Å². The molecule has 0 bridgehead atoms. The topological polar surface area (TPSA) is 73.3 Å². The number of hydrogen-bond acceptors (Lipinski definition) is 5. The van der Waals surface area contributed by atoms with Crippen molar-refractivity contribution in [2.24, 2.45) is 0 Å². The molecule has 0 saturated carbocycles. The van der Waals surface area contributed by atoms with E-state index in [9.17, 15) is 19.1 Å². The lowest BCUT2D eigenvalue weighted by atomic mass is 9.95. The minimum absolute atomic E-state index is 0.162. The van der Waals surface area contributed by atoms with Gasteiger partial charge in [-0.15, -0.1) is 0 Å². The van der Waals surface area contributed by atoms with Crippen LogP contribution in [-0.2, 0) is 21.7 Å². The SMILES string of the molecule is CC(C)(C)OC(=O)N1CCN(c2cccc3c2C(C)(O)C(=O)N3Cc2cccc(F)c2)CC1. The third-order valence-electron chi connectivity index (χ3n) is 5.96. The number of halogens is 1. The van der Waals surface area contributed by atoms with Crippen LogP contribution in [0.15, 0.2) is 42.5 Å². The Morgan fingerprint density at radius 3 is 2.36 bits per heavy atom. The molecule has 2 aliphatic heterocycles. The predicted molar refractivity (Wildman–Crippen MR) is 124 cm³/mol. The zero-order chi connectivity index (χ0) is 24.0. The number of hydrogen-bond donors (Lipinski definition) is 1. The first-order valence-corrected chi connectivity index (χ1v) is 11.1. The zero-order valence-electron chi connectivity index (χ0n) is 19.5. The number of rotatable bonds is 3. The normalized spacial score (nSPS) is 20.8. The second kappa shape index (κ2) is 8.33. The summed E-state index contributed by atoms with van der Waals surface area (Å²) in [4.78, 5) is 30.8. The minimum Gasteiger partial charge on any atom is -0.444 e. The molecule has 7 nitrogen and oxygen atoms in total. The molecule has 1 N–H and O–H groups in total. The number of anilines is 2. The number of benzene rings is 2. The van der Waals surface area contributed by atoms with Crippen molar-refractivity contribution in [2.45, 2.75) is 45.4 Å². The summed E-state index contributed by atoms with van der Waals surface area (Å²) in [5.41, 5.74) is 0.290. The monoisotopic (exact) mass is 455 g/mol. The Kier molecular flexibility index (Phi) is 5.82. The van der Waals surface area contributed by atoms with Crippen LogP contribution in [0.1, 0.15) is 38.8 Å². The van der Waals surface area contributed by atoms with Crippen molar-refractivity contribution in [2.75, 3.05) is 36.0 Å². The summed E-state index contributed by atoms with van der Waals surface area (Å²) in [6, 6.07) is 11.6. The Morgan fingerprint density at radius 1 is 1.09 bits per heavy atom. The van der Waals surface area contributed by atoms with Gasteiger partial charge in [0.2, 0.25) is 0 Å². The van der Waals surface area contributed by atoms with Crippen molar-refractivity contribution >= 4 is 23.4 Å². The van der Waals surface area contributed by atoms with Crippen molar-refractivity contribution in [3.8, 4) is 0 Å². The fourth-order valence-electron chi connectivity index (χ4n) is 4.43. The molecule has 8 heteroatoms. The van der Waals surface area contributed by atoms with Crippen LogP contribution in [0.5, 0.6) is 0 Å². The van der Waals surface area contributed by atoms with E-state index in [1.165, 1.54) is 24.0 Å². The van der Waals surface area contributed by atoms with Gasteiger partial charge in [-0.1, -0.05) is 18.2 Å². The molecule has 2 aromatic carbocycles. The van der Waals surface area contributed by atoms with Crippen LogP contribution in [0.4, 0.5) is 20.6 Å². The molecule has 33 heavy (non-hydrogen) atoms. The number of amides is 2. The molecule has 176 valence electrons. The quantitative estimate of drug-likeness (QED) is 0.765. The molecule has 1 unspecified atom stereocenters. The van der Waals surface area contributed by atoms with Crippen LogP contribution < -0.4 is 9.80 Å². The standard InChI is InChI=1S/C25H30FN3O4/c1-24(2,3)33-23(31)28-13-11-27(12-14-28)19-9-6-10-20-21(19)25(4,32)22(30)29(20)16-17-7-5-8-18(26)15-17/h5-10,15,32H,11-14,16H2,1-4H3. The first-order chi connectivity index (χ1) is 15.5. The summed E-state index contributed by atoms with van der Waals surface area (Å²) < 4.78 is 19.1. The lowest BCUT2D eigenvalue weighted by molar-refractivity contribution is -0.134. The minimum atomic E-state index is -1.71. The number of carbonyl (C=O) groups is 2. The number of aliphatic hydroxyl groups is 1. The van der Waals surface area contributed by atoms with E-state index in [-0.39, 0.29) is 18.5 Å². The highest BCUT2D eigenvalue weighted by atomic mass is 19.1. The lowest BCUT2D eigenvalue weighted by Gasteiger charge is -2.38. The largest absolute Gasteiger partial charge is 0.444 e. The molecule has 4 rings (SSSR count). The highest BCUT2D eigenvalue weighted by molar-refractivity contribution is 6.08. The Hall–Kier alpha value is -3.13. The molecule has 0 radical (unpaired) electrons. The highest BCUT2D eigenvalue weighted by Gasteiger charge is 2.48. The molecule has 2 amide bonds. The molecule has 2 aliphatic rings. The zero-order valence-corrected chi connectivity index (χ0v) is 19.5. The maximum atomic E-state index is 13.7. The molecule has 1 saturated heterocycles. The van der Waals surface area contributed by atoms with Gasteiger partial charge in [-0.25, -0.2) is 9.18 Å². The van der Waals surface area contributed by atoms with Gasteiger partial charge in [0, 0.05) is 37.4 Å². The molecule has 2 heterocycles. The second-order valence-corrected chi connectivity index (χ2v) is 9.72. The van der Waals surface area contributed by atoms with E-state index < -0.39 is 17.1 Å². The van der Waals surface area contributed by atoms with E-state index in [1.807, 2.05) is 32.9 Å². The van der Waals surface area contributed by atoms with Crippen LogP contribution in [0.25, 0.3) is 0 Å². The van der Waals surface area contributed by atoms with Crippen molar-refractivity contribution < 1.29 is 23.8 Å². The molecule has 2 aromatic rings. The fourth-order valence-corrected chi connectivity index (χ4v) is 4.43. The van der Waals surface area contributed by atoms with Gasteiger partial charge in [0.1, 0.15) is 11.4 Å². The molecular weight excluding hydrogens is 425 g/mol. The molecule has 1 fully saturated rings. The summed E-state index contributed by atoms with van der Waals surface area (Å²) >= 11 is 0. The third-order valence-corrected chi connectivity index (χ3v) is 5.96. The van der Waals surface area contributed by atoms with Crippen LogP contribution in [0, 0.1) is 5.82 Å². The van der Waals surface area contributed by atoms with Crippen LogP contribution in [0.2, 0.25) is 0 Å². The molecule has 0 spiro atoms. The van der Waals surface area contributed by atoms with Gasteiger partial charge in [-0.3, -0.25) is 4.79 Å². The summed E-state index contributed by atoms with van der Waals surface area (Å²) in [6.07, 6.45) is -0.344. The molecule has 1 atom stereocenters. The Balaban J connectivity index is 1.57. The maximum absolute atomic E-state index is 13.7. The number of nitrogens with zero attached hydrogens (tertiary/aromatic N) is 3. The third kappa shape index (κ3) is 4.53. The van der Waals surface area contributed by atoms with E-state index >= 15 is 0 Å². The number of fused-ring (bicyclic) bond motifs is 1. The smallest absolute Gasteiger partial charge is 0.410 e. The van der Waals surface area contributed by atoms with Gasteiger partial charge in [0.05, 0.1) is 12.2 Å². The maximum Gasteiger partial charge on any atom is 0.410 e. The highest BCUT2D eigenvalue weighted by Crippen LogP contribution is 2.46. The lowest BCUT2D eigenvalue weighted by Crippen LogP contribution is -2.50. The van der Waals surface area contributed by atoms with Crippen LogP contribution >= 0.6 is 0 Å². The van der Waals surface area contributed by atoms with Gasteiger partial charge in [-0.05, 0) is 57.5 Å². The Labute approximate surface area is 193 Å². The van der Waals surface area contributed by atoms with E-state index in [1.54, 1.807) is 23.1 Å². The number of carbonyl (C=O) groups excluding carboxylic acids is 2. The molecule has 0 aromatic heterocycles. The average Bonchev–Trinajstić information content (AvgIpc) is 2.93. The van der Waals surface area contributed by atoms with Crippen LogP contribution in [-0.4, -0.2) is 53.8 Å². The van der Waals surface area contributed by atoms with Gasteiger partial charge in [-0.2, -0.15) is 0 Å². The van der Waals surface area contributed by atoms with Crippen LogP contribution in [0.3, 0.4) is 0 Å². The first-order valence-electron chi connectivity index (χ1n) is 11.1. The van der Waals surface area contributed by atoms with E-state index in [4.69, 9.17) is 4.74 Å². The van der Waals surface area contributed by atoms with Crippen molar-refractivity contribution in [3.63, 3.8) is 0 Å². The Morgan fingerprint density at radius 2 is 1.73 bits per heavy atom. The fraction of sp³-hybridized carbons (Fsp3) is 0.440. The number of ether oxygens (including phenoxy) is 1. The summed E-state index contributed by atoms with van der Waals surface area (Å²) in [6.45, 7) is 9.21. The summed E-state index contributed by atoms with van der Waals surface area (Å²) in [5.74, 6) is -0.815. The molecular formula is C25H30FN3O4. The second-order valence-electron chi connectivity index (χ2n) is 9.72. The van der Waals surface area contributed by atoms with E-state index in [0.717, 1.165) is 5.69 Å². The molecule has 0 aliphatic carbocycles.